The van der Waals surface area contributed by atoms with Crippen LogP contribution in [0.25, 0.3) is 0 Å². The van der Waals surface area contributed by atoms with Crippen molar-refractivity contribution in [1.82, 2.24) is 0 Å². The lowest BCUT2D eigenvalue weighted by Crippen LogP contribution is -2.16. The van der Waals surface area contributed by atoms with Crippen LogP contribution in [0.2, 0.25) is 10.0 Å². The standard InChI is InChI=1S/C15H12Cl2FNO5S/c16-12-8-13(17)14(25(19,21)22)7-11(12)15(20)24-6-5-23-10-3-1-9(18)2-4-10/h1-4,7-8H,5-6H2,(H2,19,21,22). The van der Waals surface area contributed by atoms with Crippen molar-refractivity contribution in [3.63, 3.8) is 0 Å². The molecule has 0 bridgehead atoms. The number of esters is 1. The SMILES string of the molecule is NS(=O)(=O)c1cc(C(=O)OCCOc2ccc(F)cc2)c(Cl)cc1Cl. The van der Waals surface area contributed by atoms with Crippen LogP contribution >= 0.6 is 23.2 Å². The number of benzene rings is 2. The molecule has 25 heavy (non-hydrogen) atoms. The minimum atomic E-state index is -4.12. The molecule has 0 unspecified atom stereocenters. The van der Waals surface area contributed by atoms with Crippen LogP contribution < -0.4 is 9.88 Å². The van der Waals surface area contributed by atoms with Gasteiger partial charge in [0.1, 0.15) is 29.7 Å². The van der Waals surface area contributed by atoms with Crippen LogP contribution in [-0.4, -0.2) is 27.6 Å². The van der Waals surface area contributed by atoms with Gasteiger partial charge in [-0.25, -0.2) is 22.7 Å². The Kier molecular flexibility index (Phi) is 6.23. The van der Waals surface area contributed by atoms with Gasteiger partial charge in [0.15, 0.2) is 0 Å². The second-order valence-electron chi connectivity index (χ2n) is 4.75. The minimum Gasteiger partial charge on any atom is -0.490 e. The number of sulfonamides is 1. The predicted octanol–water partition coefficient (Wildman–Crippen LogP) is 3.02. The first-order chi connectivity index (χ1) is 11.7. The van der Waals surface area contributed by atoms with Crippen molar-refractivity contribution in [2.75, 3.05) is 13.2 Å². The molecule has 0 saturated carbocycles. The average molecular weight is 408 g/mol. The van der Waals surface area contributed by atoms with E-state index in [1.807, 2.05) is 0 Å². The van der Waals surface area contributed by atoms with Crippen molar-refractivity contribution in [2.24, 2.45) is 5.14 Å². The maximum atomic E-state index is 12.8. The second kappa shape index (κ2) is 8.01. The van der Waals surface area contributed by atoms with Gasteiger partial charge in [-0.3, -0.25) is 0 Å². The van der Waals surface area contributed by atoms with Gasteiger partial charge in [0, 0.05) is 0 Å². The molecular weight excluding hydrogens is 396 g/mol. The number of rotatable bonds is 6. The molecule has 0 aliphatic carbocycles. The summed E-state index contributed by atoms with van der Waals surface area (Å²) in [7, 11) is -4.12. The van der Waals surface area contributed by atoms with Gasteiger partial charge in [0.05, 0.1) is 15.6 Å². The Hall–Kier alpha value is -1.87. The summed E-state index contributed by atoms with van der Waals surface area (Å²) in [6.45, 7) is -0.134. The van der Waals surface area contributed by atoms with E-state index in [0.29, 0.717) is 5.75 Å². The lowest BCUT2D eigenvalue weighted by Gasteiger charge is -2.10. The van der Waals surface area contributed by atoms with E-state index in [-0.39, 0.29) is 28.8 Å². The molecule has 0 fully saturated rings. The Labute approximate surface area is 153 Å². The zero-order valence-corrected chi connectivity index (χ0v) is 14.9. The van der Waals surface area contributed by atoms with Gasteiger partial charge in [0.2, 0.25) is 10.0 Å². The largest absolute Gasteiger partial charge is 0.490 e. The van der Waals surface area contributed by atoms with Crippen molar-refractivity contribution >= 4 is 39.2 Å². The monoisotopic (exact) mass is 407 g/mol. The molecule has 6 nitrogen and oxygen atoms in total. The van der Waals surface area contributed by atoms with Crippen LogP contribution in [0.1, 0.15) is 10.4 Å². The molecule has 0 spiro atoms. The van der Waals surface area contributed by atoms with Gasteiger partial charge < -0.3 is 9.47 Å². The molecule has 0 saturated heterocycles. The van der Waals surface area contributed by atoms with E-state index in [4.69, 9.17) is 37.8 Å². The fourth-order valence-corrected chi connectivity index (χ4v) is 3.20. The van der Waals surface area contributed by atoms with E-state index in [2.05, 4.69) is 0 Å². The Morgan fingerprint density at radius 1 is 1.08 bits per heavy atom. The summed E-state index contributed by atoms with van der Waals surface area (Å²) in [6.07, 6.45) is 0. The van der Waals surface area contributed by atoms with Crippen molar-refractivity contribution in [2.45, 2.75) is 4.90 Å². The smallest absolute Gasteiger partial charge is 0.339 e. The molecule has 10 heteroatoms. The normalized spacial score (nSPS) is 11.2. The van der Waals surface area contributed by atoms with E-state index < -0.39 is 26.7 Å². The van der Waals surface area contributed by atoms with Crippen LogP contribution in [0.15, 0.2) is 41.3 Å². The lowest BCUT2D eigenvalue weighted by atomic mass is 10.2. The Balaban J connectivity index is 2.00. The molecule has 2 rings (SSSR count). The molecular formula is C15H12Cl2FNO5S. The number of ether oxygens (including phenoxy) is 2. The van der Waals surface area contributed by atoms with Gasteiger partial charge in [-0.1, -0.05) is 23.2 Å². The van der Waals surface area contributed by atoms with E-state index >= 15 is 0 Å². The molecule has 0 aromatic heterocycles. The fourth-order valence-electron chi connectivity index (χ4n) is 1.81. The predicted molar refractivity (Wildman–Crippen MR) is 90.0 cm³/mol. The quantitative estimate of drug-likeness (QED) is 0.586. The van der Waals surface area contributed by atoms with Crippen molar-refractivity contribution in [3.05, 3.63) is 57.8 Å². The Bertz CT molecular complexity index is 888. The first-order valence-electron chi connectivity index (χ1n) is 6.76. The zero-order chi connectivity index (χ0) is 18.6. The number of hydrogen-bond donors (Lipinski definition) is 1. The molecule has 134 valence electrons. The molecule has 2 aromatic rings. The maximum absolute atomic E-state index is 12.8. The summed E-state index contributed by atoms with van der Waals surface area (Å²) < 4.78 is 45.8. The summed E-state index contributed by atoms with van der Waals surface area (Å²) in [4.78, 5) is 11.6. The summed E-state index contributed by atoms with van der Waals surface area (Å²) in [6, 6.07) is 7.34. The highest BCUT2D eigenvalue weighted by molar-refractivity contribution is 7.89. The molecule has 0 radical (unpaired) electrons. The fraction of sp³-hybridized carbons (Fsp3) is 0.133. The molecule has 0 aliphatic rings. The summed E-state index contributed by atoms with van der Waals surface area (Å²) in [5, 5.41) is 4.73. The Morgan fingerprint density at radius 3 is 2.32 bits per heavy atom. The molecule has 2 aromatic carbocycles. The van der Waals surface area contributed by atoms with Crippen molar-refractivity contribution in [3.8, 4) is 5.75 Å². The van der Waals surface area contributed by atoms with E-state index in [1.54, 1.807) is 0 Å². The van der Waals surface area contributed by atoms with Crippen molar-refractivity contribution < 1.29 is 27.1 Å². The third-order valence-corrected chi connectivity index (χ3v) is 4.64. The molecule has 0 aliphatic heterocycles. The zero-order valence-electron chi connectivity index (χ0n) is 12.5. The van der Waals surface area contributed by atoms with Crippen LogP contribution in [0.3, 0.4) is 0 Å². The number of nitrogens with two attached hydrogens (primary N) is 1. The third kappa shape index (κ3) is 5.30. The molecule has 0 atom stereocenters. The Morgan fingerprint density at radius 2 is 1.72 bits per heavy atom. The van der Waals surface area contributed by atoms with Gasteiger partial charge in [-0.15, -0.1) is 0 Å². The lowest BCUT2D eigenvalue weighted by molar-refractivity contribution is 0.0450. The van der Waals surface area contributed by atoms with Gasteiger partial charge in [-0.05, 0) is 36.4 Å². The topological polar surface area (TPSA) is 95.7 Å². The summed E-state index contributed by atoms with van der Waals surface area (Å²) >= 11 is 11.6. The number of primary sulfonamides is 1. The number of carbonyl (C=O) groups is 1. The molecule has 0 heterocycles. The van der Waals surface area contributed by atoms with Gasteiger partial charge in [0.25, 0.3) is 0 Å². The van der Waals surface area contributed by atoms with Crippen LogP contribution in [0.5, 0.6) is 5.75 Å². The van der Waals surface area contributed by atoms with Crippen LogP contribution in [0.4, 0.5) is 4.39 Å². The van der Waals surface area contributed by atoms with E-state index in [0.717, 1.165) is 12.1 Å². The second-order valence-corrected chi connectivity index (χ2v) is 7.09. The van der Waals surface area contributed by atoms with E-state index in [9.17, 15) is 17.6 Å². The molecule has 0 amide bonds. The average Bonchev–Trinajstić information content (AvgIpc) is 2.51. The van der Waals surface area contributed by atoms with Gasteiger partial charge in [-0.2, -0.15) is 0 Å². The highest BCUT2D eigenvalue weighted by Crippen LogP contribution is 2.28. The molecule has 2 N–H and O–H groups in total. The van der Waals surface area contributed by atoms with E-state index in [1.165, 1.54) is 24.3 Å². The summed E-state index contributed by atoms with van der Waals surface area (Å²) in [5.74, 6) is -0.866. The highest BCUT2D eigenvalue weighted by atomic mass is 35.5. The highest BCUT2D eigenvalue weighted by Gasteiger charge is 2.20. The summed E-state index contributed by atoms with van der Waals surface area (Å²) in [5.41, 5.74) is -0.197. The third-order valence-electron chi connectivity index (χ3n) is 2.95. The minimum absolute atomic E-state index is 0.00459. The maximum Gasteiger partial charge on any atom is 0.339 e. The first-order valence-corrected chi connectivity index (χ1v) is 9.06. The van der Waals surface area contributed by atoms with Crippen LogP contribution in [0, 0.1) is 5.82 Å². The number of hydrogen-bond acceptors (Lipinski definition) is 5. The first kappa shape index (κ1) is 19.5. The number of halogens is 3. The number of carbonyl (C=O) groups excluding carboxylic acids is 1. The van der Waals surface area contributed by atoms with Crippen molar-refractivity contribution in [1.29, 1.82) is 0 Å². The van der Waals surface area contributed by atoms with Gasteiger partial charge >= 0.3 is 5.97 Å². The van der Waals surface area contributed by atoms with Crippen LogP contribution in [-0.2, 0) is 14.8 Å².